The lowest BCUT2D eigenvalue weighted by Gasteiger charge is -2.05. The molecule has 24 heavy (non-hydrogen) atoms. The fraction of sp³-hybridized carbons (Fsp3) is 0.111. The number of para-hydroxylation sites is 1. The molecule has 0 saturated carbocycles. The number of halogens is 1. The maximum Gasteiger partial charge on any atom is 0.344 e. The van der Waals surface area contributed by atoms with E-state index in [1.807, 2.05) is 6.07 Å². The fourth-order valence-electron chi connectivity index (χ4n) is 2.02. The van der Waals surface area contributed by atoms with E-state index >= 15 is 0 Å². The van der Waals surface area contributed by atoms with Gasteiger partial charge >= 0.3 is 5.97 Å². The highest BCUT2D eigenvalue weighted by molar-refractivity contribution is 5.71. The molecule has 1 aromatic heterocycles. The molecule has 0 unspecified atom stereocenters. The Kier molecular flexibility index (Phi) is 4.86. The molecule has 0 saturated heterocycles. The van der Waals surface area contributed by atoms with Crippen LogP contribution in [0.1, 0.15) is 5.69 Å². The molecule has 0 fully saturated rings. The quantitative estimate of drug-likeness (QED) is 0.647. The zero-order chi connectivity index (χ0) is 16.8. The molecule has 3 aromatic rings. The molecule has 1 heterocycles. The summed E-state index contributed by atoms with van der Waals surface area (Å²) in [6.07, 6.45) is 0. The van der Waals surface area contributed by atoms with Crippen molar-refractivity contribution in [2.24, 2.45) is 0 Å². The van der Waals surface area contributed by atoms with Crippen LogP contribution in [0.25, 0.3) is 11.3 Å². The van der Waals surface area contributed by atoms with E-state index in [9.17, 15) is 9.18 Å². The summed E-state index contributed by atoms with van der Waals surface area (Å²) in [5.74, 6) is -0.0832. The van der Waals surface area contributed by atoms with Gasteiger partial charge in [0, 0.05) is 6.07 Å². The zero-order valence-corrected chi connectivity index (χ0v) is 12.6. The number of aromatic nitrogens is 1. The van der Waals surface area contributed by atoms with Gasteiger partial charge in [0.1, 0.15) is 23.9 Å². The topological polar surface area (TPSA) is 61.6 Å². The van der Waals surface area contributed by atoms with E-state index in [-0.39, 0.29) is 19.0 Å². The number of hydrogen-bond acceptors (Lipinski definition) is 5. The van der Waals surface area contributed by atoms with Crippen LogP contribution in [0.15, 0.2) is 65.2 Å². The van der Waals surface area contributed by atoms with Gasteiger partial charge in [-0.25, -0.2) is 9.18 Å². The van der Waals surface area contributed by atoms with Crippen molar-refractivity contribution >= 4 is 5.97 Å². The molecule has 2 aromatic carbocycles. The average Bonchev–Trinajstić information content (AvgIpc) is 3.08. The highest BCUT2D eigenvalue weighted by atomic mass is 19.1. The van der Waals surface area contributed by atoms with Gasteiger partial charge in [-0.3, -0.25) is 0 Å². The number of nitrogens with zero attached hydrogens (tertiary/aromatic N) is 1. The molecule has 0 amide bonds. The van der Waals surface area contributed by atoms with Gasteiger partial charge in [-0.2, -0.15) is 0 Å². The summed E-state index contributed by atoms with van der Waals surface area (Å²) in [6, 6.07) is 16.7. The Morgan fingerprint density at radius 1 is 1.08 bits per heavy atom. The number of ether oxygens (including phenoxy) is 2. The number of rotatable bonds is 6. The highest BCUT2D eigenvalue weighted by Crippen LogP contribution is 2.23. The van der Waals surface area contributed by atoms with E-state index < -0.39 is 11.8 Å². The van der Waals surface area contributed by atoms with Crippen LogP contribution in [-0.2, 0) is 16.1 Å². The van der Waals surface area contributed by atoms with Crippen molar-refractivity contribution in [3.8, 4) is 17.1 Å². The lowest BCUT2D eigenvalue weighted by Crippen LogP contribution is -2.14. The Labute approximate surface area is 137 Å². The standard InChI is InChI=1S/C18H14FNO4/c19-16-9-5-4-8-15(16)17-10-13(20-24-17)11-23-18(21)12-22-14-6-2-1-3-7-14/h1-10H,11-12H2. The van der Waals surface area contributed by atoms with E-state index in [1.54, 1.807) is 42.5 Å². The third kappa shape index (κ3) is 3.98. The Balaban J connectivity index is 1.52. The Morgan fingerprint density at radius 2 is 1.83 bits per heavy atom. The number of esters is 1. The van der Waals surface area contributed by atoms with Crippen LogP contribution in [0.5, 0.6) is 5.75 Å². The van der Waals surface area contributed by atoms with Crippen molar-refractivity contribution in [3.05, 3.63) is 72.2 Å². The third-order valence-corrected chi connectivity index (χ3v) is 3.18. The van der Waals surface area contributed by atoms with Gasteiger partial charge in [0.2, 0.25) is 0 Å². The highest BCUT2D eigenvalue weighted by Gasteiger charge is 2.12. The van der Waals surface area contributed by atoms with Crippen molar-refractivity contribution in [1.29, 1.82) is 0 Å². The van der Waals surface area contributed by atoms with E-state index in [1.165, 1.54) is 12.1 Å². The summed E-state index contributed by atoms with van der Waals surface area (Å²) in [4.78, 5) is 11.7. The summed E-state index contributed by atoms with van der Waals surface area (Å²) in [6.45, 7) is -0.281. The van der Waals surface area contributed by atoms with E-state index in [0.29, 0.717) is 17.0 Å². The number of carbonyl (C=O) groups excluding carboxylic acids is 1. The first-order valence-electron chi connectivity index (χ1n) is 7.26. The van der Waals surface area contributed by atoms with Gasteiger partial charge in [0.05, 0.1) is 5.56 Å². The van der Waals surface area contributed by atoms with Crippen LogP contribution >= 0.6 is 0 Å². The molecular formula is C18H14FNO4. The van der Waals surface area contributed by atoms with Gasteiger partial charge in [-0.1, -0.05) is 35.5 Å². The lowest BCUT2D eigenvalue weighted by atomic mass is 10.1. The largest absolute Gasteiger partial charge is 0.482 e. The summed E-state index contributed by atoms with van der Waals surface area (Å²) in [5.41, 5.74) is 0.691. The van der Waals surface area contributed by atoms with Crippen molar-refractivity contribution in [1.82, 2.24) is 5.16 Å². The van der Waals surface area contributed by atoms with Gasteiger partial charge in [-0.15, -0.1) is 0 Å². The number of hydrogen-bond donors (Lipinski definition) is 0. The normalized spacial score (nSPS) is 10.4. The predicted octanol–water partition coefficient (Wildman–Crippen LogP) is 3.60. The minimum Gasteiger partial charge on any atom is -0.482 e. The van der Waals surface area contributed by atoms with Crippen molar-refractivity contribution in [2.75, 3.05) is 6.61 Å². The molecule has 0 aliphatic heterocycles. The second kappa shape index (κ2) is 7.41. The lowest BCUT2D eigenvalue weighted by molar-refractivity contribution is -0.147. The molecule has 0 bridgehead atoms. The summed E-state index contributed by atoms with van der Waals surface area (Å²) in [5, 5.41) is 3.76. The zero-order valence-electron chi connectivity index (χ0n) is 12.6. The van der Waals surface area contributed by atoms with Gasteiger partial charge in [-0.05, 0) is 24.3 Å². The van der Waals surface area contributed by atoms with E-state index in [4.69, 9.17) is 14.0 Å². The second-order valence-corrected chi connectivity index (χ2v) is 4.92. The molecule has 0 aliphatic carbocycles. The molecule has 0 radical (unpaired) electrons. The molecule has 0 N–H and O–H groups in total. The van der Waals surface area contributed by atoms with Gasteiger partial charge in [0.25, 0.3) is 0 Å². The summed E-state index contributed by atoms with van der Waals surface area (Å²) in [7, 11) is 0. The molecule has 5 nitrogen and oxygen atoms in total. The summed E-state index contributed by atoms with van der Waals surface area (Å²) < 4.78 is 29.1. The Hall–Kier alpha value is -3.15. The number of carbonyl (C=O) groups is 1. The molecule has 3 rings (SSSR count). The third-order valence-electron chi connectivity index (χ3n) is 3.18. The fourth-order valence-corrected chi connectivity index (χ4v) is 2.02. The molecular weight excluding hydrogens is 313 g/mol. The Morgan fingerprint density at radius 3 is 2.62 bits per heavy atom. The smallest absolute Gasteiger partial charge is 0.344 e. The first-order chi connectivity index (χ1) is 11.7. The monoisotopic (exact) mass is 327 g/mol. The van der Waals surface area contributed by atoms with Crippen LogP contribution in [0.3, 0.4) is 0 Å². The maximum absolute atomic E-state index is 13.7. The second-order valence-electron chi connectivity index (χ2n) is 4.92. The van der Waals surface area contributed by atoms with Gasteiger partial charge < -0.3 is 14.0 Å². The van der Waals surface area contributed by atoms with Crippen LogP contribution in [-0.4, -0.2) is 17.7 Å². The predicted molar refractivity (Wildman–Crippen MR) is 83.6 cm³/mol. The van der Waals surface area contributed by atoms with Crippen molar-refractivity contribution < 1.29 is 23.2 Å². The van der Waals surface area contributed by atoms with E-state index in [0.717, 1.165) is 0 Å². The van der Waals surface area contributed by atoms with Crippen LogP contribution < -0.4 is 4.74 Å². The SMILES string of the molecule is O=C(COc1ccccc1)OCc1cc(-c2ccccc2F)on1. The minimum absolute atomic E-state index is 0.0745. The van der Waals surface area contributed by atoms with Crippen molar-refractivity contribution in [3.63, 3.8) is 0 Å². The van der Waals surface area contributed by atoms with Crippen molar-refractivity contribution in [2.45, 2.75) is 6.61 Å². The minimum atomic E-state index is -0.533. The maximum atomic E-state index is 13.7. The first kappa shape index (κ1) is 15.7. The van der Waals surface area contributed by atoms with Crippen LogP contribution in [0.2, 0.25) is 0 Å². The molecule has 0 spiro atoms. The summed E-state index contributed by atoms with van der Waals surface area (Å²) >= 11 is 0. The average molecular weight is 327 g/mol. The van der Waals surface area contributed by atoms with E-state index in [2.05, 4.69) is 5.16 Å². The van der Waals surface area contributed by atoms with Gasteiger partial charge in [0.15, 0.2) is 12.4 Å². The molecule has 122 valence electrons. The van der Waals surface area contributed by atoms with Crippen LogP contribution in [0, 0.1) is 5.82 Å². The Bertz CT molecular complexity index is 817. The molecule has 0 atom stereocenters. The van der Waals surface area contributed by atoms with Crippen LogP contribution in [0.4, 0.5) is 4.39 Å². The molecule has 0 aliphatic rings. The molecule has 6 heteroatoms. The first-order valence-corrected chi connectivity index (χ1v) is 7.26. The number of benzene rings is 2.